The van der Waals surface area contributed by atoms with Crippen LogP contribution in [-0.2, 0) is 32.2 Å². The summed E-state index contributed by atoms with van der Waals surface area (Å²) < 4.78 is 13.5. The summed E-state index contributed by atoms with van der Waals surface area (Å²) >= 11 is 3.39. The molecular weight excluding hydrogens is 690 g/mol. The van der Waals surface area contributed by atoms with Crippen LogP contribution in [0.3, 0.4) is 0 Å². The first-order valence-electron chi connectivity index (χ1n) is 16.4. The first-order valence-corrected chi connectivity index (χ1v) is 17.1. The summed E-state index contributed by atoms with van der Waals surface area (Å²) in [5.41, 5.74) is 3.86. The van der Waals surface area contributed by atoms with E-state index in [1.807, 2.05) is 38.1 Å². The molecule has 0 radical (unpaired) electrons. The lowest BCUT2D eigenvalue weighted by Gasteiger charge is -2.27. The molecule has 6 rings (SSSR count). The molecule has 2 amide bonds. The van der Waals surface area contributed by atoms with Gasteiger partial charge in [-0.15, -0.1) is 0 Å². The Balaban J connectivity index is 1.31. The second-order valence-electron chi connectivity index (χ2n) is 12.8. The number of halogens is 1. The minimum atomic E-state index is -0.749. The Morgan fingerprint density at radius 1 is 1.10 bits per heavy atom. The number of ether oxygens (including phenoxy) is 2. The Bertz CT molecular complexity index is 1940. The number of methoxy groups -OCH3 is 1. The lowest BCUT2D eigenvalue weighted by Crippen LogP contribution is -2.47. The molecule has 49 heavy (non-hydrogen) atoms. The van der Waals surface area contributed by atoms with Gasteiger partial charge in [0.1, 0.15) is 34.5 Å². The topological polar surface area (TPSA) is 141 Å². The van der Waals surface area contributed by atoms with E-state index in [-0.39, 0.29) is 47.9 Å². The van der Waals surface area contributed by atoms with Crippen molar-refractivity contribution in [3.8, 4) is 11.1 Å². The van der Waals surface area contributed by atoms with E-state index >= 15 is 0 Å². The van der Waals surface area contributed by atoms with E-state index in [1.165, 1.54) is 6.92 Å². The summed E-state index contributed by atoms with van der Waals surface area (Å²) in [5.74, 6) is 0.234. The summed E-state index contributed by atoms with van der Waals surface area (Å²) in [6, 6.07) is 6.58. The van der Waals surface area contributed by atoms with Crippen molar-refractivity contribution in [1.82, 2.24) is 29.6 Å². The number of piperidine rings is 1. The monoisotopic (exact) mass is 729 g/mol. The summed E-state index contributed by atoms with van der Waals surface area (Å²) in [7, 11) is 1.58. The number of likely N-dealkylation sites (tertiary alicyclic amines) is 1. The van der Waals surface area contributed by atoms with E-state index in [9.17, 15) is 14.4 Å². The van der Waals surface area contributed by atoms with Crippen molar-refractivity contribution in [1.29, 1.82) is 0 Å². The third-order valence-corrected chi connectivity index (χ3v) is 9.71. The summed E-state index contributed by atoms with van der Waals surface area (Å²) in [6.45, 7) is 8.31. The number of Topliss-reactive ketones (excluding diaryl/α,β-unsaturated/α-hetero) is 1. The van der Waals surface area contributed by atoms with Crippen molar-refractivity contribution >= 4 is 50.2 Å². The number of ketones is 1. The van der Waals surface area contributed by atoms with Crippen molar-refractivity contribution in [2.45, 2.75) is 72.2 Å². The maximum Gasteiger partial charge on any atom is 0.248 e. The Morgan fingerprint density at radius 3 is 2.59 bits per heavy atom. The number of carbonyl (C=O) groups excluding carboxylic acids is 3. The van der Waals surface area contributed by atoms with Crippen molar-refractivity contribution in [2.75, 3.05) is 25.6 Å². The van der Waals surface area contributed by atoms with E-state index in [0.29, 0.717) is 52.3 Å². The van der Waals surface area contributed by atoms with Crippen LogP contribution >= 0.6 is 15.9 Å². The molecule has 1 aliphatic carbocycles. The molecule has 4 heterocycles. The molecule has 0 bridgehead atoms. The third kappa shape index (κ3) is 7.06. The lowest BCUT2D eigenvalue weighted by molar-refractivity contribution is -0.138. The molecule has 1 saturated carbocycles. The number of amides is 2. The number of nitrogens with one attached hydrogen (secondary N) is 1. The Morgan fingerprint density at radius 2 is 1.88 bits per heavy atom. The highest BCUT2D eigenvalue weighted by Gasteiger charge is 2.67. The average Bonchev–Trinajstić information content (AvgIpc) is 3.47. The van der Waals surface area contributed by atoms with Gasteiger partial charge in [-0.25, -0.2) is 15.0 Å². The van der Waals surface area contributed by atoms with Gasteiger partial charge in [0.2, 0.25) is 11.8 Å². The zero-order valence-electron chi connectivity index (χ0n) is 28.3. The fraction of sp³-hybridized carbons (Fsp3) is 0.417. The number of allylic oxidation sites excluding steroid dienone is 1. The minimum Gasteiger partial charge on any atom is -0.380 e. The molecule has 12 nitrogen and oxygen atoms in total. The molecule has 1 aromatic carbocycles. The second-order valence-corrected chi connectivity index (χ2v) is 13.6. The maximum atomic E-state index is 14.3. The number of hydrogen-bond donors (Lipinski definition) is 1. The molecule has 2 aliphatic rings. The van der Waals surface area contributed by atoms with Crippen LogP contribution < -0.4 is 5.32 Å². The van der Waals surface area contributed by atoms with Crippen LogP contribution in [0.4, 0.5) is 5.82 Å². The molecule has 0 spiro atoms. The molecular formula is C36H40BrN7O5. The van der Waals surface area contributed by atoms with E-state index in [4.69, 9.17) is 9.47 Å². The predicted octanol–water partition coefficient (Wildman–Crippen LogP) is 5.60. The van der Waals surface area contributed by atoms with Crippen LogP contribution in [0.15, 0.2) is 53.4 Å². The third-order valence-electron chi connectivity index (χ3n) is 9.27. The van der Waals surface area contributed by atoms with Gasteiger partial charge in [-0.2, -0.15) is 5.10 Å². The first kappa shape index (κ1) is 34.5. The zero-order chi connectivity index (χ0) is 34.9. The lowest BCUT2D eigenvalue weighted by atomic mass is 10.00. The van der Waals surface area contributed by atoms with Crippen molar-refractivity contribution in [3.05, 3.63) is 76.1 Å². The number of carbonyl (C=O) groups is 3. The number of aromatic nitrogens is 5. The highest BCUT2D eigenvalue weighted by Crippen LogP contribution is 2.60. The largest absolute Gasteiger partial charge is 0.380 e. The van der Waals surface area contributed by atoms with Crippen LogP contribution in [0.25, 0.3) is 22.0 Å². The van der Waals surface area contributed by atoms with Gasteiger partial charge in [0.05, 0.1) is 25.3 Å². The van der Waals surface area contributed by atoms with Crippen LogP contribution in [-0.4, -0.2) is 79.6 Å². The smallest absolute Gasteiger partial charge is 0.248 e. The fourth-order valence-corrected chi connectivity index (χ4v) is 7.16. The van der Waals surface area contributed by atoms with Gasteiger partial charge in [-0.3, -0.25) is 19.1 Å². The van der Waals surface area contributed by atoms with E-state index in [2.05, 4.69) is 54.3 Å². The quantitative estimate of drug-likeness (QED) is 0.0806. The van der Waals surface area contributed by atoms with E-state index in [1.54, 1.807) is 35.2 Å². The van der Waals surface area contributed by atoms with Crippen molar-refractivity contribution < 1.29 is 23.9 Å². The predicted molar refractivity (Wildman–Crippen MR) is 188 cm³/mol. The summed E-state index contributed by atoms with van der Waals surface area (Å²) in [4.78, 5) is 56.0. The summed E-state index contributed by atoms with van der Waals surface area (Å²) in [6.07, 6.45) is 9.65. The minimum absolute atomic E-state index is 0.141. The fourth-order valence-electron chi connectivity index (χ4n) is 6.85. The first-order chi connectivity index (χ1) is 23.5. The van der Waals surface area contributed by atoms with Crippen molar-refractivity contribution in [2.24, 2.45) is 5.41 Å². The zero-order valence-corrected chi connectivity index (χ0v) is 29.9. The molecule has 1 aliphatic heterocycles. The van der Waals surface area contributed by atoms with Gasteiger partial charge in [-0.05, 0) is 78.4 Å². The number of aryl methyl sites for hydroxylation is 2. The number of rotatable bonds is 13. The SMILES string of the molecule is CC/C=C/COC[C@@]12C[C@@H](C(=O)Nc3nc(Br)ccc3COC)N(C(=O)Cn3nc(C(C)=O)c4cc(-c5cnc(C)nc5)cc(C)c43)[C@@H]1C2. The second kappa shape index (κ2) is 14.3. The number of pyridine rings is 1. The number of anilines is 1. The Labute approximate surface area is 293 Å². The van der Waals surface area contributed by atoms with Gasteiger partial charge in [0.15, 0.2) is 5.78 Å². The molecule has 256 valence electrons. The number of fused-ring (bicyclic) bond motifs is 2. The van der Waals surface area contributed by atoms with Gasteiger partial charge in [0, 0.05) is 54.4 Å². The van der Waals surface area contributed by atoms with Gasteiger partial charge >= 0.3 is 0 Å². The number of benzene rings is 1. The van der Waals surface area contributed by atoms with Crippen LogP contribution in [0.2, 0.25) is 0 Å². The standard InChI is InChI=1S/C36H40BrN7O5/c1-6-7-8-11-49-20-36-14-28(35(47)41-34-24(19-48-5)9-10-30(37)40-34)44(29(36)15-36)31(46)18-43-33-21(2)12-25(26-16-38-23(4)39-17-26)13-27(33)32(42-43)22(3)45/h7-10,12-13,16-17,28-29H,6,11,14-15,18-20H2,1-5H3,(H,40,41,47)/b8-7+/t28-,29+,36-/m0/s1. The van der Waals surface area contributed by atoms with Gasteiger partial charge < -0.3 is 19.7 Å². The molecule has 13 heteroatoms. The number of hydrogen-bond acceptors (Lipinski definition) is 9. The molecule has 4 aromatic rings. The van der Waals surface area contributed by atoms with Crippen LogP contribution in [0.5, 0.6) is 0 Å². The highest BCUT2D eigenvalue weighted by atomic mass is 79.9. The summed E-state index contributed by atoms with van der Waals surface area (Å²) in [5, 5.41) is 8.26. The molecule has 3 aromatic heterocycles. The highest BCUT2D eigenvalue weighted by molar-refractivity contribution is 9.10. The average molecular weight is 731 g/mol. The van der Waals surface area contributed by atoms with Gasteiger partial charge in [-0.1, -0.05) is 25.1 Å². The van der Waals surface area contributed by atoms with Crippen LogP contribution in [0.1, 0.15) is 60.5 Å². The number of nitrogens with zero attached hydrogens (tertiary/aromatic N) is 6. The Kier molecular flexibility index (Phi) is 10.0. The van der Waals surface area contributed by atoms with Crippen molar-refractivity contribution in [3.63, 3.8) is 0 Å². The van der Waals surface area contributed by atoms with Crippen LogP contribution in [0, 0.1) is 19.3 Å². The Hall–Kier alpha value is -4.33. The maximum absolute atomic E-state index is 14.3. The molecule has 0 unspecified atom stereocenters. The molecule has 2 fully saturated rings. The molecule has 1 N–H and O–H groups in total. The van der Waals surface area contributed by atoms with E-state index in [0.717, 1.165) is 29.5 Å². The normalized spacial score (nSPS) is 19.8. The van der Waals surface area contributed by atoms with Gasteiger partial charge in [0.25, 0.3) is 0 Å². The molecule has 1 saturated heterocycles. The molecule has 3 atom stereocenters. The van der Waals surface area contributed by atoms with E-state index < -0.39 is 6.04 Å².